The molecule has 0 unspecified atom stereocenters. The van der Waals surface area contributed by atoms with Crippen LogP contribution in [0.25, 0.3) is 0 Å². The van der Waals surface area contributed by atoms with Crippen LogP contribution in [0.5, 0.6) is 0 Å². The second-order valence-electron chi connectivity index (χ2n) is 3.14. The molecule has 0 aliphatic rings. The van der Waals surface area contributed by atoms with Crippen molar-refractivity contribution in [2.75, 3.05) is 12.4 Å². The number of nitro benzene ring substituents is 1. The molecule has 94 valence electrons. The molecule has 0 saturated carbocycles. The highest BCUT2D eigenvalue weighted by molar-refractivity contribution is 8.00. The Morgan fingerprint density at radius 2 is 2.33 bits per heavy atom. The van der Waals surface area contributed by atoms with Crippen LogP contribution in [-0.2, 0) is 9.53 Å². The molecule has 0 radical (unpaired) electrons. The Hall–Kier alpha value is -2.07. The predicted molar refractivity (Wildman–Crippen MR) is 65.2 cm³/mol. The number of nitrogens with zero attached hydrogens (tertiary/aromatic N) is 2. The van der Waals surface area contributed by atoms with Gasteiger partial charge in [-0.15, -0.1) is 11.8 Å². The summed E-state index contributed by atoms with van der Waals surface area (Å²) in [6, 6.07) is 5.82. The molecule has 6 nitrogen and oxygen atoms in total. The number of carbonyl (C=O) groups is 1. The monoisotopic (exact) mass is 266 g/mol. The van der Waals surface area contributed by atoms with Gasteiger partial charge in [0.25, 0.3) is 5.69 Å². The van der Waals surface area contributed by atoms with E-state index in [1.54, 1.807) is 6.92 Å². The third-order valence-corrected chi connectivity index (χ3v) is 2.99. The summed E-state index contributed by atoms with van der Waals surface area (Å²) in [7, 11) is 0. The summed E-state index contributed by atoms with van der Waals surface area (Å²) in [6.07, 6.45) is 0. The van der Waals surface area contributed by atoms with Crippen molar-refractivity contribution >= 4 is 23.4 Å². The van der Waals surface area contributed by atoms with Crippen LogP contribution < -0.4 is 0 Å². The standard InChI is InChI=1S/C11H10N2O4S/c1-2-17-11(14)7-18-10-4-3-9(13(15)16)5-8(10)6-12/h3-5H,2,7H2,1H3. The van der Waals surface area contributed by atoms with Gasteiger partial charge in [0.05, 0.1) is 22.8 Å². The molecule has 0 saturated heterocycles. The number of hydrogen-bond acceptors (Lipinski definition) is 6. The van der Waals surface area contributed by atoms with Gasteiger partial charge in [-0.25, -0.2) is 0 Å². The SMILES string of the molecule is CCOC(=O)CSc1ccc([N+](=O)[O-])cc1C#N. The average molecular weight is 266 g/mol. The Morgan fingerprint density at radius 3 is 2.89 bits per heavy atom. The van der Waals surface area contributed by atoms with Crippen LogP contribution in [0.3, 0.4) is 0 Å². The van der Waals surface area contributed by atoms with Crippen molar-refractivity contribution in [3.8, 4) is 6.07 Å². The second-order valence-corrected chi connectivity index (χ2v) is 4.16. The molecule has 0 spiro atoms. The van der Waals surface area contributed by atoms with Gasteiger partial charge in [0.15, 0.2) is 0 Å². The first-order chi connectivity index (χ1) is 8.58. The van der Waals surface area contributed by atoms with Gasteiger partial charge < -0.3 is 4.74 Å². The van der Waals surface area contributed by atoms with Crippen molar-refractivity contribution in [1.82, 2.24) is 0 Å². The van der Waals surface area contributed by atoms with Crippen molar-refractivity contribution in [3.63, 3.8) is 0 Å². The van der Waals surface area contributed by atoms with Gasteiger partial charge in [-0.1, -0.05) is 0 Å². The quantitative estimate of drug-likeness (QED) is 0.351. The van der Waals surface area contributed by atoms with Gasteiger partial charge >= 0.3 is 5.97 Å². The van der Waals surface area contributed by atoms with Crippen LogP contribution >= 0.6 is 11.8 Å². The maximum absolute atomic E-state index is 11.2. The Kier molecular flexibility index (Phi) is 5.14. The molecule has 18 heavy (non-hydrogen) atoms. The van der Waals surface area contributed by atoms with Gasteiger partial charge in [0.1, 0.15) is 6.07 Å². The fourth-order valence-electron chi connectivity index (χ4n) is 1.18. The van der Waals surface area contributed by atoms with Crippen molar-refractivity contribution < 1.29 is 14.5 Å². The molecule has 0 aliphatic carbocycles. The smallest absolute Gasteiger partial charge is 0.316 e. The van der Waals surface area contributed by atoms with E-state index in [1.807, 2.05) is 6.07 Å². The van der Waals surface area contributed by atoms with Gasteiger partial charge in [-0.3, -0.25) is 14.9 Å². The van der Waals surface area contributed by atoms with E-state index >= 15 is 0 Å². The molecule has 0 amide bonds. The van der Waals surface area contributed by atoms with E-state index in [0.29, 0.717) is 11.5 Å². The molecule has 0 fully saturated rings. The number of benzene rings is 1. The summed E-state index contributed by atoms with van der Waals surface area (Å²) in [5, 5.41) is 19.4. The third kappa shape index (κ3) is 3.75. The van der Waals surface area contributed by atoms with E-state index in [4.69, 9.17) is 10.00 Å². The fraction of sp³-hybridized carbons (Fsp3) is 0.273. The Morgan fingerprint density at radius 1 is 1.61 bits per heavy atom. The second kappa shape index (κ2) is 6.61. The van der Waals surface area contributed by atoms with E-state index in [1.165, 1.54) is 18.2 Å². The average Bonchev–Trinajstić information content (AvgIpc) is 2.36. The Bertz CT molecular complexity index is 510. The number of non-ortho nitro benzene ring substituents is 1. The molecule has 0 aromatic heterocycles. The molecule has 0 aliphatic heterocycles. The van der Waals surface area contributed by atoms with E-state index in [9.17, 15) is 14.9 Å². The summed E-state index contributed by atoms with van der Waals surface area (Å²) in [5.74, 6) is -0.315. The normalized spacial score (nSPS) is 9.56. The molecule has 0 heterocycles. The summed E-state index contributed by atoms with van der Waals surface area (Å²) in [6.45, 7) is 2.00. The highest BCUT2D eigenvalue weighted by Gasteiger charge is 2.12. The molecule has 1 aromatic carbocycles. The number of rotatable bonds is 5. The van der Waals surface area contributed by atoms with E-state index in [0.717, 1.165) is 11.8 Å². The Balaban J connectivity index is 2.81. The first-order valence-corrected chi connectivity index (χ1v) is 6.04. The maximum Gasteiger partial charge on any atom is 0.316 e. The summed E-state index contributed by atoms with van der Waals surface area (Å²) in [4.78, 5) is 21.7. The molecular weight excluding hydrogens is 256 g/mol. The molecule has 7 heteroatoms. The van der Waals surface area contributed by atoms with Crippen LogP contribution in [0.2, 0.25) is 0 Å². The number of esters is 1. The zero-order chi connectivity index (χ0) is 13.5. The number of hydrogen-bond donors (Lipinski definition) is 0. The van der Waals surface area contributed by atoms with Crippen molar-refractivity contribution in [3.05, 3.63) is 33.9 Å². The predicted octanol–water partition coefficient (Wildman–Crippen LogP) is 2.12. The largest absolute Gasteiger partial charge is 0.465 e. The third-order valence-electron chi connectivity index (χ3n) is 1.95. The lowest BCUT2D eigenvalue weighted by molar-refractivity contribution is -0.384. The number of carbonyl (C=O) groups excluding carboxylic acids is 1. The van der Waals surface area contributed by atoms with Crippen molar-refractivity contribution in [2.45, 2.75) is 11.8 Å². The van der Waals surface area contributed by atoms with Gasteiger partial charge in [-0.2, -0.15) is 5.26 Å². The zero-order valence-corrected chi connectivity index (χ0v) is 10.4. The minimum absolute atomic E-state index is 0.0698. The Labute approximate surface area is 108 Å². The van der Waals surface area contributed by atoms with Gasteiger partial charge in [0.2, 0.25) is 0 Å². The van der Waals surface area contributed by atoms with Crippen molar-refractivity contribution in [1.29, 1.82) is 5.26 Å². The number of nitriles is 1. The highest BCUT2D eigenvalue weighted by Crippen LogP contribution is 2.26. The number of ether oxygens (including phenoxy) is 1. The van der Waals surface area contributed by atoms with Crippen LogP contribution in [0.1, 0.15) is 12.5 Å². The summed E-state index contributed by atoms with van der Waals surface area (Å²) in [5.41, 5.74) is 0.0329. The maximum atomic E-state index is 11.2. The van der Waals surface area contributed by atoms with Gasteiger partial charge in [-0.05, 0) is 13.0 Å². The fourth-order valence-corrected chi connectivity index (χ4v) is 1.97. The molecule has 0 N–H and O–H groups in total. The minimum Gasteiger partial charge on any atom is -0.465 e. The summed E-state index contributed by atoms with van der Waals surface area (Å²) < 4.78 is 4.75. The zero-order valence-electron chi connectivity index (χ0n) is 9.58. The van der Waals surface area contributed by atoms with Gasteiger partial charge in [0, 0.05) is 17.0 Å². The first kappa shape index (κ1) is 14.0. The lowest BCUT2D eigenvalue weighted by Crippen LogP contribution is -2.06. The van der Waals surface area contributed by atoms with E-state index in [-0.39, 0.29) is 23.0 Å². The van der Waals surface area contributed by atoms with E-state index < -0.39 is 4.92 Å². The summed E-state index contributed by atoms with van der Waals surface area (Å²) >= 11 is 1.12. The van der Waals surface area contributed by atoms with E-state index in [2.05, 4.69) is 0 Å². The molecule has 0 bridgehead atoms. The topological polar surface area (TPSA) is 93.2 Å². The van der Waals surface area contributed by atoms with Crippen LogP contribution in [0, 0.1) is 21.4 Å². The molecule has 0 atom stereocenters. The van der Waals surface area contributed by atoms with Crippen LogP contribution in [0.4, 0.5) is 5.69 Å². The van der Waals surface area contributed by atoms with Crippen LogP contribution in [-0.4, -0.2) is 23.3 Å². The number of thioether (sulfide) groups is 1. The molecule has 1 aromatic rings. The highest BCUT2D eigenvalue weighted by atomic mass is 32.2. The molecular formula is C11H10N2O4S. The first-order valence-electron chi connectivity index (χ1n) is 5.05. The number of nitro groups is 1. The van der Waals surface area contributed by atoms with Crippen molar-refractivity contribution in [2.24, 2.45) is 0 Å². The lowest BCUT2D eigenvalue weighted by Gasteiger charge is -2.03. The van der Waals surface area contributed by atoms with Crippen LogP contribution in [0.15, 0.2) is 23.1 Å². The minimum atomic E-state index is -0.569. The lowest BCUT2D eigenvalue weighted by atomic mass is 10.2. The molecule has 1 rings (SSSR count).